The Hall–Kier alpha value is -2.27. The van der Waals surface area contributed by atoms with E-state index in [4.69, 9.17) is 4.74 Å². The summed E-state index contributed by atoms with van der Waals surface area (Å²) in [4.78, 5) is 14.7. The van der Waals surface area contributed by atoms with Gasteiger partial charge in [0.25, 0.3) is 0 Å². The molecule has 27 heavy (non-hydrogen) atoms. The Bertz CT molecular complexity index is 818. The lowest BCUT2D eigenvalue weighted by Gasteiger charge is -2.35. The van der Waals surface area contributed by atoms with E-state index < -0.39 is 0 Å². The maximum Gasteiger partial charge on any atom is 0.248 e. The number of anilines is 2. The molecule has 0 unspecified atom stereocenters. The third-order valence-electron chi connectivity index (χ3n) is 4.88. The van der Waals surface area contributed by atoms with Gasteiger partial charge < -0.3 is 15.0 Å². The maximum atomic E-state index is 12.2. The minimum absolute atomic E-state index is 0.170. The molecule has 2 aromatic rings. The zero-order valence-corrected chi connectivity index (χ0v) is 17.3. The van der Waals surface area contributed by atoms with Crippen LogP contribution in [0.4, 0.5) is 11.4 Å². The van der Waals surface area contributed by atoms with E-state index in [0.717, 1.165) is 28.0 Å². The second-order valence-corrected chi connectivity index (χ2v) is 7.71. The van der Waals surface area contributed by atoms with E-state index >= 15 is 0 Å². The van der Waals surface area contributed by atoms with Crippen LogP contribution in [0.1, 0.15) is 31.7 Å². The van der Waals surface area contributed by atoms with Crippen molar-refractivity contribution >= 4 is 39.3 Å². The number of piperidine rings is 1. The van der Waals surface area contributed by atoms with Crippen LogP contribution in [0.2, 0.25) is 0 Å². The molecule has 1 fully saturated rings. The Kier molecular flexibility index (Phi) is 6.56. The molecule has 3 rings (SSSR count). The molecule has 0 aromatic heterocycles. The lowest BCUT2D eigenvalue weighted by molar-refractivity contribution is -0.111. The van der Waals surface area contributed by atoms with Crippen molar-refractivity contribution in [3.8, 4) is 5.75 Å². The largest absolute Gasteiger partial charge is 0.496 e. The van der Waals surface area contributed by atoms with Gasteiger partial charge in [-0.25, -0.2) is 0 Å². The summed E-state index contributed by atoms with van der Waals surface area (Å²) >= 11 is 3.44. The monoisotopic (exact) mass is 428 g/mol. The number of rotatable bonds is 5. The fraction of sp³-hybridized carbons (Fsp3) is 0.318. The summed E-state index contributed by atoms with van der Waals surface area (Å²) in [7, 11) is 1.62. The highest BCUT2D eigenvalue weighted by atomic mass is 79.9. The molecular formula is C22H25BrN2O2. The molecular weight excluding hydrogens is 404 g/mol. The Morgan fingerprint density at radius 3 is 2.70 bits per heavy atom. The number of amides is 1. The van der Waals surface area contributed by atoms with Crippen LogP contribution in [0.15, 0.2) is 53.0 Å². The quantitative estimate of drug-likeness (QED) is 0.640. The summed E-state index contributed by atoms with van der Waals surface area (Å²) < 4.78 is 6.26. The molecule has 1 N–H and O–H groups in total. The van der Waals surface area contributed by atoms with Gasteiger partial charge in [0.1, 0.15) is 5.75 Å². The predicted molar refractivity (Wildman–Crippen MR) is 115 cm³/mol. The summed E-state index contributed by atoms with van der Waals surface area (Å²) in [6.45, 7) is 3.37. The molecule has 1 heterocycles. The normalized spacial score (nSPS) is 17.1. The van der Waals surface area contributed by atoms with Crippen LogP contribution in [0, 0.1) is 0 Å². The van der Waals surface area contributed by atoms with E-state index in [0.29, 0.717) is 6.04 Å². The second-order valence-electron chi connectivity index (χ2n) is 6.79. The molecule has 0 aliphatic carbocycles. The fourth-order valence-electron chi connectivity index (χ4n) is 3.40. The van der Waals surface area contributed by atoms with E-state index in [-0.39, 0.29) is 5.91 Å². The van der Waals surface area contributed by atoms with Crippen molar-refractivity contribution in [2.45, 2.75) is 32.2 Å². The highest BCUT2D eigenvalue weighted by Gasteiger charge is 2.18. The highest BCUT2D eigenvalue weighted by Crippen LogP contribution is 2.26. The number of hydrogen-bond donors (Lipinski definition) is 1. The van der Waals surface area contributed by atoms with E-state index in [9.17, 15) is 4.79 Å². The summed E-state index contributed by atoms with van der Waals surface area (Å²) in [6.07, 6.45) is 7.06. The lowest BCUT2D eigenvalue weighted by Crippen LogP contribution is -2.37. The Morgan fingerprint density at radius 1 is 1.22 bits per heavy atom. The molecule has 1 amide bonds. The van der Waals surface area contributed by atoms with Crippen molar-refractivity contribution in [3.63, 3.8) is 0 Å². The van der Waals surface area contributed by atoms with E-state index in [1.807, 2.05) is 30.3 Å². The molecule has 4 nitrogen and oxygen atoms in total. The molecule has 0 spiro atoms. The minimum atomic E-state index is -0.170. The smallest absolute Gasteiger partial charge is 0.248 e. The first-order valence-electron chi connectivity index (χ1n) is 9.26. The molecule has 1 aliphatic rings. The molecule has 0 saturated carbocycles. The SMILES string of the molecule is COc1ccc(Br)cc1/C=C/C(=O)Nc1ccc(N2CCCC[C@@H]2C)cc1. The Balaban J connectivity index is 1.63. The second kappa shape index (κ2) is 9.09. The van der Waals surface area contributed by atoms with Gasteiger partial charge >= 0.3 is 0 Å². The molecule has 142 valence electrons. The molecule has 5 heteroatoms. The van der Waals surface area contributed by atoms with Crippen molar-refractivity contribution in [1.29, 1.82) is 0 Å². The Labute approximate surface area is 169 Å². The summed E-state index contributed by atoms with van der Waals surface area (Å²) in [5.41, 5.74) is 2.85. The average molecular weight is 429 g/mol. The van der Waals surface area contributed by atoms with Crippen LogP contribution in [0.25, 0.3) is 6.08 Å². The first-order chi connectivity index (χ1) is 13.1. The van der Waals surface area contributed by atoms with Crippen LogP contribution in [-0.4, -0.2) is 25.6 Å². The molecule has 0 bridgehead atoms. The van der Waals surface area contributed by atoms with Gasteiger partial charge in [0.2, 0.25) is 5.91 Å². The van der Waals surface area contributed by atoms with Gasteiger partial charge in [-0.05, 0) is 74.7 Å². The number of nitrogens with zero attached hydrogens (tertiary/aromatic N) is 1. The molecule has 0 radical (unpaired) electrons. The zero-order valence-electron chi connectivity index (χ0n) is 15.7. The van der Waals surface area contributed by atoms with Crippen molar-refractivity contribution in [2.24, 2.45) is 0 Å². The van der Waals surface area contributed by atoms with Gasteiger partial charge in [-0.15, -0.1) is 0 Å². The number of carbonyl (C=O) groups is 1. The number of nitrogens with one attached hydrogen (secondary N) is 1. The minimum Gasteiger partial charge on any atom is -0.496 e. The third-order valence-corrected chi connectivity index (χ3v) is 5.37. The van der Waals surface area contributed by atoms with Gasteiger partial charge in [-0.1, -0.05) is 15.9 Å². The number of halogens is 1. The number of hydrogen-bond acceptors (Lipinski definition) is 3. The van der Waals surface area contributed by atoms with Crippen molar-refractivity contribution in [1.82, 2.24) is 0 Å². The number of methoxy groups -OCH3 is 1. The van der Waals surface area contributed by atoms with E-state index in [1.165, 1.54) is 31.0 Å². The third kappa shape index (κ3) is 5.13. The standard InChI is InChI=1S/C22H25BrN2O2/c1-16-5-3-4-14-25(16)20-10-8-19(9-11-20)24-22(26)13-6-17-15-18(23)7-12-21(17)27-2/h6-13,15-16H,3-5,14H2,1-2H3,(H,24,26)/b13-6+/t16-/m0/s1. The van der Waals surface area contributed by atoms with E-state index in [1.54, 1.807) is 13.2 Å². The number of benzene rings is 2. The number of ether oxygens (including phenoxy) is 1. The fourth-order valence-corrected chi connectivity index (χ4v) is 3.78. The summed E-state index contributed by atoms with van der Waals surface area (Å²) in [5, 5.41) is 2.91. The molecule has 2 aromatic carbocycles. The predicted octanol–water partition coefficient (Wildman–Crippen LogP) is 5.49. The van der Waals surface area contributed by atoms with Crippen LogP contribution in [0.5, 0.6) is 5.75 Å². The topological polar surface area (TPSA) is 41.6 Å². The first-order valence-corrected chi connectivity index (χ1v) is 10.1. The molecule has 1 atom stereocenters. The van der Waals surface area contributed by atoms with Gasteiger partial charge in [0.15, 0.2) is 0 Å². The van der Waals surface area contributed by atoms with Crippen molar-refractivity contribution in [2.75, 3.05) is 23.9 Å². The van der Waals surface area contributed by atoms with Gasteiger partial charge in [0.05, 0.1) is 7.11 Å². The molecule has 1 saturated heterocycles. The van der Waals surface area contributed by atoms with Gasteiger partial charge in [-0.3, -0.25) is 4.79 Å². The highest BCUT2D eigenvalue weighted by molar-refractivity contribution is 9.10. The van der Waals surface area contributed by atoms with Crippen molar-refractivity contribution < 1.29 is 9.53 Å². The maximum absolute atomic E-state index is 12.2. The number of carbonyl (C=O) groups excluding carboxylic acids is 1. The zero-order chi connectivity index (χ0) is 19.2. The Morgan fingerprint density at radius 2 is 2.00 bits per heavy atom. The summed E-state index contributed by atoms with van der Waals surface area (Å²) in [6, 6.07) is 14.3. The van der Waals surface area contributed by atoms with Gasteiger partial charge in [-0.2, -0.15) is 0 Å². The molecule has 1 aliphatic heterocycles. The first kappa shape index (κ1) is 19.5. The van der Waals surface area contributed by atoms with Crippen molar-refractivity contribution in [3.05, 3.63) is 58.6 Å². The average Bonchev–Trinajstić information content (AvgIpc) is 2.68. The van der Waals surface area contributed by atoms with Crippen LogP contribution < -0.4 is 15.0 Å². The summed E-state index contributed by atoms with van der Waals surface area (Å²) in [5.74, 6) is 0.554. The van der Waals surface area contributed by atoms with Crippen LogP contribution in [0.3, 0.4) is 0 Å². The van der Waals surface area contributed by atoms with Crippen LogP contribution in [-0.2, 0) is 4.79 Å². The van der Waals surface area contributed by atoms with E-state index in [2.05, 4.69) is 45.2 Å². The van der Waals surface area contributed by atoms with Gasteiger partial charge in [0, 0.05) is 40.1 Å². The lowest BCUT2D eigenvalue weighted by atomic mass is 10.0. The van der Waals surface area contributed by atoms with Crippen LogP contribution >= 0.6 is 15.9 Å².